The van der Waals surface area contributed by atoms with Crippen molar-refractivity contribution < 1.29 is 4.79 Å². The Labute approximate surface area is 131 Å². The number of carbonyl (C=O) groups is 1. The lowest BCUT2D eigenvalue weighted by molar-refractivity contribution is 0.0932. The number of rotatable bonds is 5. The van der Waals surface area contributed by atoms with Crippen LogP contribution in [0.1, 0.15) is 52.5 Å². The van der Waals surface area contributed by atoms with Gasteiger partial charge >= 0.3 is 0 Å². The number of fused-ring (bicyclic) bond motifs is 1. The fraction of sp³-hybridized carbons (Fsp3) is 0.500. The Morgan fingerprint density at radius 3 is 3.24 bits per heavy atom. The summed E-state index contributed by atoms with van der Waals surface area (Å²) in [5.74, 6) is -0.124. The molecule has 0 spiro atoms. The first-order valence-electron chi connectivity index (χ1n) is 7.22. The van der Waals surface area contributed by atoms with E-state index in [4.69, 9.17) is 0 Å². The molecular weight excluding hydrogens is 304 g/mol. The Bertz CT molecular complexity index is 622. The van der Waals surface area contributed by atoms with Gasteiger partial charge in [0.25, 0.3) is 5.91 Å². The van der Waals surface area contributed by atoms with Gasteiger partial charge in [-0.3, -0.25) is 4.79 Å². The topological polar surface area (TPSA) is 66.9 Å². The molecule has 2 aromatic rings. The number of thiophene rings is 1. The van der Waals surface area contributed by atoms with Crippen molar-refractivity contribution in [3.8, 4) is 0 Å². The second kappa shape index (κ2) is 6.53. The second-order valence-corrected chi connectivity index (χ2v) is 7.03. The minimum absolute atomic E-state index is 0.114. The Hall–Kier alpha value is -1.47. The summed E-state index contributed by atoms with van der Waals surface area (Å²) < 4.78 is 0. The standard InChI is InChI=1S/C14H18N4OS2/c1-2-7-15-14-18-17-13(21-14)12(19)16-10-4-3-5-11-9(10)6-8-20-11/h6,8,10H,2-5,7H2,1H3,(H,15,18)(H,16,19). The SMILES string of the molecule is CCCNc1nnc(C(=O)NC2CCCc3sccc32)s1. The zero-order chi connectivity index (χ0) is 14.7. The van der Waals surface area contributed by atoms with Gasteiger partial charge in [-0.05, 0) is 42.7 Å². The van der Waals surface area contributed by atoms with Gasteiger partial charge in [0.05, 0.1) is 6.04 Å². The molecule has 1 atom stereocenters. The third-order valence-corrected chi connectivity index (χ3v) is 5.38. The maximum Gasteiger partial charge on any atom is 0.282 e. The lowest BCUT2D eigenvalue weighted by Gasteiger charge is -2.23. The van der Waals surface area contributed by atoms with E-state index < -0.39 is 0 Å². The summed E-state index contributed by atoms with van der Waals surface area (Å²) in [5, 5.41) is 17.5. The van der Waals surface area contributed by atoms with Crippen LogP contribution in [0.15, 0.2) is 11.4 Å². The normalized spacial score (nSPS) is 17.3. The van der Waals surface area contributed by atoms with Crippen LogP contribution >= 0.6 is 22.7 Å². The molecule has 0 aromatic carbocycles. The number of amides is 1. The largest absolute Gasteiger partial charge is 0.360 e. The van der Waals surface area contributed by atoms with Crippen molar-refractivity contribution in [3.05, 3.63) is 26.9 Å². The summed E-state index contributed by atoms with van der Waals surface area (Å²) in [6.45, 7) is 2.93. The number of nitrogens with zero attached hydrogens (tertiary/aromatic N) is 2. The average molecular weight is 322 g/mol. The van der Waals surface area contributed by atoms with Gasteiger partial charge in [-0.25, -0.2) is 0 Å². The van der Waals surface area contributed by atoms with Crippen LogP contribution in [0.2, 0.25) is 0 Å². The number of aryl methyl sites for hydroxylation is 1. The van der Waals surface area contributed by atoms with E-state index in [9.17, 15) is 4.79 Å². The zero-order valence-corrected chi connectivity index (χ0v) is 13.5. The molecule has 2 aromatic heterocycles. The summed E-state index contributed by atoms with van der Waals surface area (Å²) >= 11 is 3.09. The molecule has 1 aliphatic rings. The van der Waals surface area contributed by atoms with E-state index in [1.807, 2.05) is 0 Å². The van der Waals surface area contributed by atoms with Crippen molar-refractivity contribution in [1.29, 1.82) is 0 Å². The smallest absolute Gasteiger partial charge is 0.282 e. The Morgan fingerprint density at radius 1 is 1.48 bits per heavy atom. The minimum Gasteiger partial charge on any atom is -0.360 e. The molecule has 1 unspecified atom stereocenters. The van der Waals surface area contributed by atoms with Gasteiger partial charge in [-0.1, -0.05) is 18.3 Å². The number of anilines is 1. The van der Waals surface area contributed by atoms with Crippen LogP contribution in [-0.2, 0) is 6.42 Å². The average Bonchev–Trinajstić information content (AvgIpc) is 3.14. The molecule has 2 N–H and O–H groups in total. The Kier molecular flexibility index (Phi) is 4.50. The van der Waals surface area contributed by atoms with E-state index >= 15 is 0 Å². The highest BCUT2D eigenvalue weighted by molar-refractivity contribution is 7.17. The summed E-state index contributed by atoms with van der Waals surface area (Å²) in [4.78, 5) is 13.7. The van der Waals surface area contributed by atoms with Crippen molar-refractivity contribution >= 4 is 33.7 Å². The van der Waals surface area contributed by atoms with Crippen LogP contribution in [0.3, 0.4) is 0 Å². The van der Waals surface area contributed by atoms with Crippen molar-refractivity contribution in [2.24, 2.45) is 0 Å². The molecular formula is C14H18N4OS2. The van der Waals surface area contributed by atoms with Crippen LogP contribution in [-0.4, -0.2) is 22.6 Å². The van der Waals surface area contributed by atoms with Gasteiger partial charge in [0.15, 0.2) is 0 Å². The lowest BCUT2D eigenvalue weighted by Crippen LogP contribution is -2.30. The molecule has 3 rings (SSSR count). The van der Waals surface area contributed by atoms with Gasteiger partial charge in [-0.2, -0.15) is 0 Å². The first kappa shape index (κ1) is 14.5. The molecule has 0 aliphatic heterocycles. The highest BCUT2D eigenvalue weighted by atomic mass is 32.1. The molecule has 7 heteroatoms. The molecule has 1 aliphatic carbocycles. The number of carbonyl (C=O) groups excluding carboxylic acids is 1. The molecule has 0 saturated carbocycles. The Balaban J connectivity index is 1.66. The first-order chi connectivity index (χ1) is 10.3. The summed E-state index contributed by atoms with van der Waals surface area (Å²) in [6, 6.07) is 2.24. The molecule has 112 valence electrons. The van der Waals surface area contributed by atoms with Gasteiger partial charge in [0.1, 0.15) is 0 Å². The summed E-state index contributed by atoms with van der Waals surface area (Å²) in [5.41, 5.74) is 1.27. The van der Waals surface area contributed by atoms with Crippen LogP contribution in [0.4, 0.5) is 5.13 Å². The number of aromatic nitrogens is 2. The second-order valence-electron chi connectivity index (χ2n) is 5.06. The molecule has 1 amide bonds. The number of hydrogen-bond acceptors (Lipinski definition) is 6. The van der Waals surface area contributed by atoms with E-state index in [2.05, 4.69) is 39.2 Å². The fourth-order valence-corrected chi connectivity index (χ4v) is 4.13. The van der Waals surface area contributed by atoms with Gasteiger partial charge < -0.3 is 10.6 Å². The van der Waals surface area contributed by atoms with E-state index in [1.165, 1.54) is 21.8 Å². The van der Waals surface area contributed by atoms with Crippen molar-refractivity contribution in [2.45, 2.75) is 38.6 Å². The van der Waals surface area contributed by atoms with E-state index in [1.54, 1.807) is 11.3 Å². The number of hydrogen-bond donors (Lipinski definition) is 2. The van der Waals surface area contributed by atoms with Crippen LogP contribution < -0.4 is 10.6 Å². The molecule has 0 bridgehead atoms. The van der Waals surface area contributed by atoms with Crippen LogP contribution in [0.25, 0.3) is 0 Å². The first-order valence-corrected chi connectivity index (χ1v) is 8.92. The molecule has 5 nitrogen and oxygen atoms in total. The number of nitrogens with one attached hydrogen (secondary N) is 2. The molecule has 21 heavy (non-hydrogen) atoms. The van der Waals surface area contributed by atoms with Crippen LogP contribution in [0.5, 0.6) is 0 Å². The monoisotopic (exact) mass is 322 g/mol. The van der Waals surface area contributed by atoms with Crippen molar-refractivity contribution in [3.63, 3.8) is 0 Å². The predicted octanol–water partition coefficient (Wildman–Crippen LogP) is 3.23. The van der Waals surface area contributed by atoms with E-state index in [-0.39, 0.29) is 11.9 Å². The van der Waals surface area contributed by atoms with E-state index in [0.717, 1.165) is 32.2 Å². The van der Waals surface area contributed by atoms with E-state index in [0.29, 0.717) is 10.1 Å². The highest BCUT2D eigenvalue weighted by Crippen LogP contribution is 2.33. The Morgan fingerprint density at radius 2 is 2.38 bits per heavy atom. The van der Waals surface area contributed by atoms with Gasteiger partial charge in [-0.15, -0.1) is 21.5 Å². The maximum absolute atomic E-state index is 12.3. The lowest BCUT2D eigenvalue weighted by atomic mass is 9.94. The van der Waals surface area contributed by atoms with Crippen LogP contribution in [0, 0.1) is 0 Å². The predicted molar refractivity (Wildman–Crippen MR) is 86.2 cm³/mol. The van der Waals surface area contributed by atoms with Gasteiger partial charge in [0, 0.05) is 11.4 Å². The highest BCUT2D eigenvalue weighted by Gasteiger charge is 2.24. The summed E-state index contributed by atoms with van der Waals surface area (Å²) in [6.07, 6.45) is 4.26. The molecule has 0 saturated heterocycles. The van der Waals surface area contributed by atoms with Crippen molar-refractivity contribution in [2.75, 3.05) is 11.9 Å². The molecule has 0 radical (unpaired) electrons. The van der Waals surface area contributed by atoms with Gasteiger partial charge in [0.2, 0.25) is 10.1 Å². The molecule has 0 fully saturated rings. The van der Waals surface area contributed by atoms with Crippen molar-refractivity contribution in [1.82, 2.24) is 15.5 Å². The maximum atomic E-state index is 12.3. The zero-order valence-electron chi connectivity index (χ0n) is 11.9. The molecule has 2 heterocycles. The third-order valence-electron chi connectivity index (χ3n) is 3.50. The summed E-state index contributed by atoms with van der Waals surface area (Å²) in [7, 11) is 0. The fourth-order valence-electron chi connectivity index (χ4n) is 2.47. The third kappa shape index (κ3) is 3.24. The minimum atomic E-state index is -0.124. The quantitative estimate of drug-likeness (QED) is 0.887.